The molecule has 4 nitrogen and oxygen atoms in total. The fourth-order valence-electron chi connectivity index (χ4n) is 2.38. The first-order valence-corrected chi connectivity index (χ1v) is 7.23. The van der Waals surface area contributed by atoms with E-state index in [-0.39, 0.29) is 18.3 Å². The van der Waals surface area contributed by atoms with Crippen molar-refractivity contribution in [2.45, 2.75) is 24.9 Å². The van der Waals surface area contributed by atoms with Gasteiger partial charge in [0.15, 0.2) is 0 Å². The van der Waals surface area contributed by atoms with E-state index in [9.17, 15) is 4.79 Å². The molecular formula is C14H19Cl3N2O2. The van der Waals surface area contributed by atoms with Gasteiger partial charge in [0.25, 0.3) is 0 Å². The number of likely N-dealkylation sites (N-methyl/N-ethyl adjacent to an activating group) is 1. The second-order valence-corrected chi connectivity index (χ2v) is 6.08. The van der Waals surface area contributed by atoms with E-state index >= 15 is 0 Å². The van der Waals surface area contributed by atoms with Crippen LogP contribution >= 0.6 is 35.6 Å². The molecule has 0 bridgehead atoms. The van der Waals surface area contributed by atoms with Crippen LogP contribution in [0.25, 0.3) is 0 Å². The van der Waals surface area contributed by atoms with E-state index in [4.69, 9.17) is 33.7 Å². The molecule has 21 heavy (non-hydrogen) atoms. The number of carbonyl (C=O) groups is 1. The molecule has 0 saturated carbocycles. The second-order valence-electron chi connectivity index (χ2n) is 5.21. The van der Waals surface area contributed by atoms with Crippen LogP contribution in [0.4, 0.5) is 0 Å². The van der Waals surface area contributed by atoms with Crippen molar-refractivity contribution in [3.63, 3.8) is 0 Å². The van der Waals surface area contributed by atoms with Crippen molar-refractivity contribution >= 4 is 41.5 Å². The van der Waals surface area contributed by atoms with Crippen molar-refractivity contribution in [1.82, 2.24) is 4.90 Å². The molecule has 1 aliphatic heterocycles. The number of rotatable bonds is 3. The molecular weight excluding hydrogens is 335 g/mol. The van der Waals surface area contributed by atoms with Gasteiger partial charge in [0.05, 0.1) is 5.54 Å². The van der Waals surface area contributed by atoms with Gasteiger partial charge in [-0.05, 0) is 36.6 Å². The van der Waals surface area contributed by atoms with Crippen LogP contribution in [0.1, 0.15) is 18.4 Å². The first kappa shape index (κ1) is 18.5. The van der Waals surface area contributed by atoms with Gasteiger partial charge in [-0.25, -0.2) is 0 Å². The number of benzene rings is 1. The summed E-state index contributed by atoms with van der Waals surface area (Å²) in [6.45, 7) is 1.48. The van der Waals surface area contributed by atoms with Gasteiger partial charge in [-0.15, -0.1) is 12.4 Å². The average Bonchev–Trinajstić information content (AvgIpc) is 2.37. The van der Waals surface area contributed by atoms with Crippen molar-refractivity contribution in [1.29, 1.82) is 0 Å². The fourth-order valence-corrected chi connectivity index (χ4v) is 2.95. The van der Waals surface area contributed by atoms with Crippen molar-refractivity contribution in [2.24, 2.45) is 5.73 Å². The predicted molar refractivity (Wildman–Crippen MR) is 87.2 cm³/mol. The highest BCUT2D eigenvalue weighted by Crippen LogP contribution is 2.23. The number of nitrogens with zero attached hydrogens (tertiary/aromatic N) is 1. The topological polar surface area (TPSA) is 55.6 Å². The Morgan fingerprint density at radius 2 is 1.81 bits per heavy atom. The van der Waals surface area contributed by atoms with E-state index in [2.05, 4.69) is 0 Å². The summed E-state index contributed by atoms with van der Waals surface area (Å²) in [6.07, 6.45) is 1.10. The number of amides is 1. The molecule has 1 amide bonds. The molecule has 1 aliphatic rings. The van der Waals surface area contributed by atoms with Crippen LogP contribution in [0.15, 0.2) is 18.2 Å². The van der Waals surface area contributed by atoms with E-state index < -0.39 is 5.54 Å². The van der Waals surface area contributed by atoms with Gasteiger partial charge in [0.1, 0.15) is 0 Å². The van der Waals surface area contributed by atoms with Gasteiger partial charge in [-0.3, -0.25) is 4.79 Å². The molecule has 0 unspecified atom stereocenters. The third-order valence-corrected chi connectivity index (χ3v) is 3.94. The van der Waals surface area contributed by atoms with E-state index in [1.807, 2.05) is 0 Å². The Balaban J connectivity index is 0.00000220. The highest BCUT2D eigenvalue weighted by atomic mass is 35.5. The van der Waals surface area contributed by atoms with Gasteiger partial charge < -0.3 is 15.4 Å². The number of hydrogen-bond donors (Lipinski definition) is 1. The van der Waals surface area contributed by atoms with Crippen molar-refractivity contribution in [2.75, 3.05) is 20.3 Å². The van der Waals surface area contributed by atoms with Crippen molar-refractivity contribution in [3.8, 4) is 0 Å². The van der Waals surface area contributed by atoms with Crippen LogP contribution < -0.4 is 5.73 Å². The van der Waals surface area contributed by atoms with Crippen molar-refractivity contribution in [3.05, 3.63) is 33.8 Å². The highest BCUT2D eigenvalue weighted by molar-refractivity contribution is 6.34. The van der Waals surface area contributed by atoms with Crippen LogP contribution in [-0.2, 0) is 16.1 Å². The van der Waals surface area contributed by atoms with Crippen LogP contribution in [0.2, 0.25) is 10.0 Å². The second kappa shape index (κ2) is 7.65. The van der Waals surface area contributed by atoms with Gasteiger partial charge >= 0.3 is 0 Å². The Kier molecular flexibility index (Phi) is 6.75. The van der Waals surface area contributed by atoms with Crippen LogP contribution in [-0.4, -0.2) is 36.6 Å². The van der Waals surface area contributed by atoms with Crippen LogP contribution in [0, 0.1) is 0 Å². The zero-order chi connectivity index (χ0) is 14.8. The smallest absolute Gasteiger partial charge is 0.242 e. The lowest BCUT2D eigenvalue weighted by atomic mass is 9.89. The summed E-state index contributed by atoms with van der Waals surface area (Å²) < 4.78 is 5.26. The summed E-state index contributed by atoms with van der Waals surface area (Å²) in [7, 11) is 1.74. The molecule has 0 aromatic heterocycles. The summed E-state index contributed by atoms with van der Waals surface area (Å²) in [6, 6.07) is 5.26. The summed E-state index contributed by atoms with van der Waals surface area (Å²) >= 11 is 11.9. The third kappa shape index (κ3) is 4.73. The van der Waals surface area contributed by atoms with Crippen LogP contribution in [0.3, 0.4) is 0 Å². The lowest BCUT2D eigenvalue weighted by Gasteiger charge is -2.35. The largest absolute Gasteiger partial charge is 0.381 e. The van der Waals surface area contributed by atoms with E-state index in [0.717, 1.165) is 5.56 Å². The number of halogens is 3. The zero-order valence-electron chi connectivity index (χ0n) is 11.8. The van der Waals surface area contributed by atoms with Gasteiger partial charge in [-0.1, -0.05) is 23.2 Å². The van der Waals surface area contributed by atoms with Gasteiger partial charge in [0.2, 0.25) is 5.91 Å². The first-order valence-electron chi connectivity index (χ1n) is 6.48. The maximum atomic E-state index is 12.5. The third-order valence-electron chi connectivity index (χ3n) is 3.50. The van der Waals surface area contributed by atoms with E-state index in [0.29, 0.717) is 42.6 Å². The molecule has 2 N–H and O–H groups in total. The number of carbonyl (C=O) groups excluding carboxylic acids is 1. The SMILES string of the molecule is CN(Cc1cc(Cl)cc(Cl)c1)C(=O)C1(N)CCOCC1.Cl. The minimum Gasteiger partial charge on any atom is -0.381 e. The summed E-state index contributed by atoms with van der Waals surface area (Å²) in [4.78, 5) is 14.1. The number of ether oxygens (including phenoxy) is 1. The van der Waals surface area contributed by atoms with E-state index in [1.165, 1.54) is 0 Å². The standard InChI is InChI=1S/C14H18Cl2N2O2.ClH/c1-18(9-10-6-11(15)8-12(16)7-10)13(19)14(17)2-4-20-5-3-14;/h6-8H,2-5,9,17H2,1H3;1H. The lowest BCUT2D eigenvalue weighted by Crippen LogP contribution is -2.57. The molecule has 1 aromatic carbocycles. The molecule has 0 radical (unpaired) electrons. The van der Waals surface area contributed by atoms with Crippen molar-refractivity contribution < 1.29 is 9.53 Å². The quantitative estimate of drug-likeness (QED) is 0.909. The first-order chi connectivity index (χ1) is 9.40. The van der Waals surface area contributed by atoms with Crippen LogP contribution in [0.5, 0.6) is 0 Å². The lowest BCUT2D eigenvalue weighted by molar-refractivity contribution is -0.139. The highest BCUT2D eigenvalue weighted by Gasteiger charge is 2.37. The zero-order valence-corrected chi connectivity index (χ0v) is 14.1. The molecule has 118 valence electrons. The minimum absolute atomic E-state index is 0. The maximum Gasteiger partial charge on any atom is 0.242 e. The molecule has 1 saturated heterocycles. The molecule has 1 fully saturated rings. The number of nitrogens with two attached hydrogens (primary N) is 1. The predicted octanol–water partition coefficient (Wildman–Crippen LogP) is 2.88. The summed E-state index contributed by atoms with van der Waals surface area (Å²) in [5, 5.41) is 1.11. The molecule has 1 heterocycles. The molecule has 2 rings (SSSR count). The average molecular weight is 354 g/mol. The Morgan fingerprint density at radius 1 is 1.29 bits per heavy atom. The normalized spacial score (nSPS) is 17.0. The number of hydrogen-bond acceptors (Lipinski definition) is 3. The monoisotopic (exact) mass is 352 g/mol. The Morgan fingerprint density at radius 3 is 2.33 bits per heavy atom. The fraction of sp³-hybridized carbons (Fsp3) is 0.500. The Labute approximate surface area is 140 Å². The molecule has 0 atom stereocenters. The molecule has 0 spiro atoms. The van der Waals surface area contributed by atoms with Gasteiger partial charge in [0, 0.05) is 36.9 Å². The molecule has 7 heteroatoms. The van der Waals surface area contributed by atoms with Gasteiger partial charge in [-0.2, -0.15) is 0 Å². The summed E-state index contributed by atoms with van der Waals surface area (Å²) in [5.74, 6) is -0.0723. The molecule has 0 aliphatic carbocycles. The summed E-state index contributed by atoms with van der Waals surface area (Å²) in [5.41, 5.74) is 6.25. The molecule has 1 aromatic rings. The van der Waals surface area contributed by atoms with E-state index in [1.54, 1.807) is 30.1 Å². The maximum absolute atomic E-state index is 12.5. The Hall–Kier alpha value is -0.520. The minimum atomic E-state index is -0.824. The Bertz CT molecular complexity index is 485.